The highest BCUT2D eigenvalue weighted by molar-refractivity contribution is 5.39. The number of phenols is 1. The van der Waals surface area contributed by atoms with Crippen molar-refractivity contribution in [3.63, 3.8) is 0 Å². The SMILES string of the molecule is CC1(CCCCCc2ccc(CCCCC3(OC=O)CC3)c(O)c2)CC1. The quantitative estimate of drug-likeness (QED) is 0.363. The van der Waals surface area contributed by atoms with Gasteiger partial charge in [-0.2, -0.15) is 0 Å². The van der Waals surface area contributed by atoms with Crippen LogP contribution in [0.5, 0.6) is 5.75 Å². The van der Waals surface area contributed by atoms with E-state index < -0.39 is 0 Å². The van der Waals surface area contributed by atoms with Crippen LogP contribution in [0.1, 0.15) is 88.7 Å². The molecule has 0 bridgehead atoms. The minimum absolute atomic E-state index is 0.148. The summed E-state index contributed by atoms with van der Waals surface area (Å²) in [4.78, 5) is 10.5. The minimum atomic E-state index is -0.148. The molecule has 26 heavy (non-hydrogen) atoms. The van der Waals surface area contributed by atoms with Crippen LogP contribution < -0.4 is 0 Å². The second-order valence-corrected chi connectivity index (χ2v) is 8.94. The zero-order valence-corrected chi connectivity index (χ0v) is 16.3. The first kappa shape index (κ1) is 19.3. The van der Waals surface area contributed by atoms with E-state index in [4.69, 9.17) is 4.74 Å². The lowest BCUT2D eigenvalue weighted by atomic mass is 9.98. The van der Waals surface area contributed by atoms with Crippen molar-refractivity contribution in [2.75, 3.05) is 0 Å². The molecule has 0 radical (unpaired) electrons. The van der Waals surface area contributed by atoms with Crippen LogP contribution in [0.3, 0.4) is 0 Å². The predicted octanol–water partition coefficient (Wildman–Crippen LogP) is 5.71. The van der Waals surface area contributed by atoms with Crippen LogP contribution in [0.4, 0.5) is 0 Å². The van der Waals surface area contributed by atoms with E-state index in [0.29, 0.717) is 17.6 Å². The molecule has 0 unspecified atom stereocenters. The Bertz CT molecular complexity index is 599. The van der Waals surface area contributed by atoms with Crippen LogP contribution in [0.25, 0.3) is 0 Å². The molecule has 2 fully saturated rings. The first-order valence-electron chi connectivity index (χ1n) is 10.5. The highest BCUT2D eigenvalue weighted by atomic mass is 16.5. The molecule has 0 amide bonds. The highest BCUT2D eigenvalue weighted by Gasteiger charge is 2.44. The third-order valence-electron chi connectivity index (χ3n) is 6.43. The highest BCUT2D eigenvalue weighted by Crippen LogP contribution is 2.49. The summed E-state index contributed by atoms with van der Waals surface area (Å²) in [5.41, 5.74) is 2.82. The molecule has 1 aromatic carbocycles. The summed E-state index contributed by atoms with van der Waals surface area (Å²) in [6, 6.07) is 6.22. The molecule has 0 heterocycles. The molecule has 2 saturated carbocycles. The smallest absolute Gasteiger partial charge is 0.293 e. The zero-order valence-electron chi connectivity index (χ0n) is 16.3. The Morgan fingerprint density at radius 1 is 1.00 bits per heavy atom. The number of aromatic hydroxyl groups is 1. The van der Waals surface area contributed by atoms with Crippen molar-refractivity contribution in [2.45, 2.75) is 96.0 Å². The molecule has 0 aromatic heterocycles. The Hall–Kier alpha value is -1.51. The number of unbranched alkanes of at least 4 members (excludes halogenated alkanes) is 3. The Labute approximate surface area is 158 Å². The van der Waals surface area contributed by atoms with E-state index in [2.05, 4.69) is 19.1 Å². The van der Waals surface area contributed by atoms with E-state index in [0.717, 1.165) is 50.5 Å². The molecule has 3 rings (SSSR count). The first-order chi connectivity index (χ1) is 12.5. The van der Waals surface area contributed by atoms with Crippen LogP contribution in [0.15, 0.2) is 18.2 Å². The average molecular weight is 359 g/mol. The second-order valence-electron chi connectivity index (χ2n) is 8.94. The molecule has 2 aliphatic carbocycles. The third-order valence-corrected chi connectivity index (χ3v) is 6.43. The zero-order chi connectivity index (χ0) is 18.5. The topological polar surface area (TPSA) is 46.5 Å². The summed E-state index contributed by atoms with van der Waals surface area (Å²) >= 11 is 0. The van der Waals surface area contributed by atoms with Gasteiger partial charge in [0.25, 0.3) is 6.47 Å². The maximum Gasteiger partial charge on any atom is 0.293 e. The number of carbonyl (C=O) groups excluding carboxylic acids is 1. The Morgan fingerprint density at radius 2 is 1.73 bits per heavy atom. The lowest BCUT2D eigenvalue weighted by Gasteiger charge is -2.13. The predicted molar refractivity (Wildman–Crippen MR) is 104 cm³/mol. The van der Waals surface area contributed by atoms with E-state index in [1.54, 1.807) is 0 Å². The van der Waals surface area contributed by atoms with E-state index in [-0.39, 0.29) is 5.60 Å². The Kier molecular flexibility index (Phi) is 6.26. The van der Waals surface area contributed by atoms with Gasteiger partial charge >= 0.3 is 0 Å². The van der Waals surface area contributed by atoms with Gasteiger partial charge in [0.2, 0.25) is 0 Å². The molecular formula is C23H34O3. The van der Waals surface area contributed by atoms with Gasteiger partial charge in [-0.25, -0.2) is 0 Å². The van der Waals surface area contributed by atoms with Crippen LogP contribution in [0.2, 0.25) is 0 Å². The average Bonchev–Trinajstić information content (AvgIpc) is 3.53. The van der Waals surface area contributed by atoms with Gasteiger partial charge in [-0.15, -0.1) is 0 Å². The number of ether oxygens (including phenoxy) is 1. The number of carbonyl (C=O) groups is 1. The fraction of sp³-hybridized carbons (Fsp3) is 0.696. The molecule has 3 nitrogen and oxygen atoms in total. The van der Waals surface area contributed by atoms with Crippen LogP contribution >= 0.6 is 0 Å². The Balaban J connectivity index is 1.32. The van der Waals surface area contributed by atoms with Gasteiger partial charge < -0.3 is 9.84 Å². The second kappa shape index (κ2) is 8.45. The van der Waals surface area contributed by atoms with Gasteiger partial charge in [-0.1, -0.05) is 31.9 Å². The monoisotopic (exact) mass is 358 g/mol. The molecule has 0 saturated heterocycles. The fourth-order valence-corrected chi connectivity index (χ4v) is 3.93. The molecule has 3 heteroatoms. The number of hydrogen-bond donors (Lipinski definition) is 1. The van der Waals surface area contributed by atoms with Crippen molar-refractivity contribution in [3.05, 3.63) is 29.3 Å². The molecular weight excluding hydrogens is 324 g/mol. The third kappa shape index (κ3) is 5.75. The minimum Gasteiger partial charge on any atom is -0.508 e. The summed E-state index contributed by atoms with van der Waals surface area (Å²) in [5, 5.41) is 10.3. The van der Waals surface area contributed by atoms with Crippen LogP contribution in [-0.4, -0.2) is 17.2 Å². The molecule has 0 atom stereocenters. The number of phenolic OH excluding ortho intramolecular Hbond substituents is 1. The number of aryl methyl sites for hydroxylation is 2. The van der Waals surface area contributed by atoms with Gasteiger partial charge in [-0.3, -0.25) is 4.79 Å². The fourth-order valence-electron chi connectivity index (χ4n) is 3.93. The summed E-state index contributed by atoms with van der Waals surface area (Å²) in [7, 11) is 0. The van der Waals surface area contributed by atoms with Gasteiger partial charge in [0.1, 0.15) is 11.4 Å². The molecule has 0 spiro atoms. The molecule has 144 valence electrons. The normalized spacial score (nSPS) is 19.1. The summed E-state index contributed by atoms with van der Waals surface area (Å²) < 4.78 is 5.18. The summed E-state index contributed by atoms with van der Waals surface area (Å²) in [6.45, 7) is 2.99. The van der Waals surface area contributed by atoms with Crippen molar-refractivity contribution in [1.82, 2.24) is 0 Å². The first-order valence-corrected chi connectivity index (χ1v) is 10.5. The van der Waals surface area contributed by atoms with Crippen LogP contribution in [-0.2, 0) is 22.4 Å². The standard InChI is InChI=1S/C23H34O3/c1-22(13-14-22)11-5-2-3-7-19-9-10-20(21(25)17-19)8-4-6-12-23(15-16-23)26-18-24/h9-10,17-18,25H,2-8,11-16H2,1H3. The molecule has 1 aromatic rings. The summed E-state index contributed by atoms with van der Waals surface area (Å²) in [5.74, 6) is 0.443. The lowest BCUT2D eigenvalue weighted by molar-refractivity contribution is -0.135. The van der Waals surface area contributed by atoms with Crippen LogP contribution in [0, 0.1) is 5.41 Å². The molecule has 1 N–H and O–H groups in total. The maximum absolute atomic E-state index is 10.5. The van der Waals surface area contributed by atoms with Crippen molar-refractivity contribution in [1.29, 1.82) is 0 Å². The van der Waals surface area contributed by atoms with E-state index in [9.17, 15) is 9.90 Å². The van der Waals surface area contributed by atoms with Gasteiger partial charge in [0.05, 0.1) is 0 Å². The van der Waals surface area contributed by atoms with Crippen molar-refractivity contribution in [2.24, 2.45) is 5.41 Å². The van der Waals surface area contributed by atoms with E-state index in [1.165, 1.54) is 44.1 Å². The number of hydrogen-bond acceptors (Lipinski definition) is 3. The maximum atomic E-state index is 10.5. The largest absolute Gasteiger partial charge is 0.508 e. The van der Waals surface area contributed by atoms with E-state index >= 15 is 0 Å². The number of benzene rings is 1. The molecule has 0 aliphatic heterocycles. The lowest BCUT2D eigenvalue weighted by Crippen LogP contribution is -2.12. The summed E-state index contributed by atoms with van der Waals surface area (Å²) in [6.07, 6.45) is 15.1. The van der Waals surface area contributed by atoms with Gasteiger partial charge in [0.15, 0.2) is 0 Å². The van der Waals surface area contributed by atoms with Crippen molar-refractivity contribution in [3.8, 4) is 5.75 Å². The van der Waals surface area contributed by atoms with Gasteiger partial charge in [0, 0.05) is 0 Å². The number of rotatable bonds is 13. The Morgan fingerprint density at radius 3 is 2.38 bits per heavy atom. The molecule has 2 aliphatic rings. The van der Waals surface area contributed by atoms with Gasteiger partial charge in [-0.05, 0) is 93.2 Å². The van der Waals surface area contributed by atoms with E-state index in [1.807, 2.05) is 6.07 Å². The van der Waals surface area contributed by atoms with Crippen molar-refractivity contribution < 1.29 is 14.6 Å². The van der Waals surface area contributed by atoms with Crippen molar-refractivity contribution >= 4 is 6.47 Å².